The highest BCUT2D eigenvalue weighted by atomic mass is 16.5. The Kier molecular flexibility index (Phi) is 5.88. The number of fused-ring (bicyclic) bond motifs is 1. The summed E-state index contributed by atoms with van der Waals surface area (Å²) in [4.78, 5) is 11.7. The van der Waals surface area contributed by atoms with Crippen LogP contribution in [0, 0.1) is 23.7 Å². The molecule has 22 heavy (non-hydrogen) atoms. The van der Waals surface area contributed by atoms with Gasteiger partial charge in [-0.15, -0.1) is 0 Å². The van der Waals surface area contributed by atoms with Gasteiger partial charge in [-0.3, -0.25) is 4.79 Å². The van der Waals surface area contributed by atoms with Crippen LogP contribution < -0.4 is 0 Å². The van der Waals surface area contributed by atoms with Gasteiger partial charge in [-0.1, -0.05) is 38.0 Å². The standard InChI is InChI=1S/C20H32O2/c1-13(2)10-19(21)22-12-14(3)11-17-8-6-15(4)18-9-7-16(5)20(17)18/h11,13,15,17-18H,6-10,12H2,1-5H3/b14-11-/t15?,17-,18?/m0/s1. The van der Waals surface area contributed by atoms with Crippen molar-refractivity contribution in [1.82, 2.24) is 0 Å². The lowest BCUT2D eigenvalue weighted by Gasteiger charge is -2.34. The Bertz CT molecular complexity index is 470. The first kappa shape index (κ1) is 17.3. The lowest BCUT2D eigenvalue weighted by atomic mass is 9.71. The Hall–Kier alpha value is -1.05. The van der Waals surface area contributed by atoms with E-state index in [0.29, 0.717) is 24.9 Å². The van der Waals surface area contributed by atoms with Gasteiger partial charge in [0.2, 0.25) is 0 Å². The van der Waals surface area contributed by atoms with Gasteiger partial charge in [0.1, 0.15) is 6.61 Å². The monoisotopic (exact) mass is 304 g/mol. The molecule has 0 amide bonds. The van der Waals surface area contributed by atoms with Crippen molar-refractivity contribution in [2.24, 2.45) is 23.7 Å². The minimum atomic E-state index is -0.0749. The van der Waals surface area contributed by atoms with Gasteiger partial charge < -0.3 is 4.74 Å². The van der Waals surface area contributed by atoms with Crippen LogP contribution >= 0.6 is 0 Å². The van der Waals surface area contributed by atoms with Crippen LogP contribution in [0.25, 0.3) is 0 Å². The van der Waals surface area contributed by atoms with Crippen molar-refractivity contribution < 1.29 is 9.53 Å². The van der Waals surface area contributed by atoms with Crippen LogP contribution in [0.5, 0.6) is 0 Å². The first-order valence-electron chi connectivity index (χ1n) is 8.91. The molecule has 0 aromatic carbocycles. The molecule has 0 spiro atoms. The molecule has 2 aliphatic rings. The number of hydrogen-bond acceptors (Lipinski definition) is 2. The Labute approximate surface area is 136 Å². The average molecular weight is 304 g/mol. The maximum atomic E-state index is 11.7. The number of hydrogen-bond donors (Lipinski definition) is 0. The summed E-state index contributed by atoms with van der Waals surface area (Å²) in [6, 6.07) is 0. The fourth-order valence-corrected chi connectivity index (χ4v) is 4.12. The molecule has 0 heterocycles. The molecule has 0 radical (unpaired) electrons. The smallest absolute Gasteiger partial charge is 0.306 e. The van der Waals surface area contributed by atoms with Crippen molar-refractivity contribution in [1.29, 1.82) is 0 Å². The van der Waals surface area contributed by atoms with Crippen LogP contribution in [0.1, 0.15) is 66.7 Å². The van der Waals surface area contributed by atoms with Crippen LogP contribution in [-0.4, -0.2) is 12.6 Å². The van der Waals surface area contributed by atoms with Gasteiger partial charge in [-0.25, -0.2) is 0 Å². The maximum absolute atomic E-state index is 11.7. The van der Waals surface area contributed by atoms with Crippen molar-refractivity contribution in [3.63, 3.8) is 0 Å². The molecule has 124 valence electrons. The molecule has 2 rings (SSSR count). The molecule has 0 saturated heterocycles. The maximum Gasteiger partial charge on any atom is 0.306 e. The van der Waals surface area contributed by atoms with Crippen molar-refractivity contribution in [3.8, 4) is 0 Å². The second kappa shape index (κ2) is 7.48. The van der Waals surface area contributed by atoms with E-state index >= 15 is 0 Å². The molecule has 1 saturated carbocycles. The van der Waals surface area contributed by atoms with Crippen LogP contribution in [-0.2, 0) is 9.53 Å². The van der Waals surface area contributed by atoms with Gasteiger partial charge in [-0.05, 0) is 68.8 Å². The third-order valence-corrected chi connectivity index (χ3v) is 5.26. The van der Waals surface area contributed by atoms with Gasteiger partial charge in [0, 0.05) is 6.42 Å². The summed E-state index contributed by atoms with van der Waals surface area (Å²) in [7, 11) is 0. The van der Waals surface area contributed by atoms with E-state index in [1.54, 1.807) is 11.1 Å². The fraction of sp³-hybridized carbons (Fsp3) is 0.750. The van der Waals surface area contributed by atoms with E-state index in [4.69, 9.17) is 4.74 Å². The second-order valence-corrected chi connectivity index (χ2v) is 7.81. The van der Waals surface area contributed by atoms with Crippen molar-refractivity contribution >= 4 is 5.97 Å². The van der Waals surface area contributed by atoms with Crippen LogP contribution in [0.2, 0.25) is 0 Å². The minimum Gasteiger partial charge on any atom is -0.461 e. The molecule has 2 heteroatoms. The number of carbonyl (C=O) groups excluding carboxylic acids is 1. The molecule has 0 N–H and O–H groups in total. The van der Waals surface area contributed by atoms with Crippen molar-refractivity contribution in [2.75, 3.05) is 6.61 Å². The molecule has 1 fully saturated rings. The SMILES string of the molecule is CC1=C2C(CC1)C(C)CC[C@H]2/C=C(/C)COC(=O)CC(C)C. The average Bonchev–Trinajstić information content (AvgIpc) is 2.82. The third kappa shape index (κ3) is 4.24. The lowest BCUT2D eigenvalue weighted by Crippen LogP contribution is -2.23. The van der Waals surface area contributed by atoms with E-state index in [2.05, 4.69) is 26.8 Å². The normalized spacial score (nSPS) is 29.0. The highest BCUT2D eigenvalue weighted by molar-refractivity contribution is 5.69. The highest BCUT2D eigenvalue weighted by Gasteiger charge is 2.35. The number of ether oxygens (including phenoxy) is 1. The lowest BCUT2D eigenvalue weighted by molar-refractivity contribution is -0.143. The number of allylic oxidation sites excluding steroid dienone is 3. The predicted molar refractivity (Wildman–Crippen MR) is 91.5 cm³/mol. The Balaban J connectivity index is 1.96. The molecule has 0 bridgehead atoms. The van der Waals surface area contributed by atoms with E-state index in [0.717, 1.165) is 11.8 Å². The topological polar surface area (TPSA) is 26.3 Å². The predicted octanol–water partition coefficient (Wildman–Crippen LogP) is 5.29. The van der Waals surface area contributed by atoms with Gasteiger partial charge in [0.05, 0.1) is 0 Å². The molecule has 2 aliphatic carbocycles. The van der Waals surface area contributed by atoms with E-state index in [9.17, 15) is 4.79 Å². The molecule has 0 aliphatic heterocycles. The summed E-state index contributed by atoms with van der Waals surface area (Å²) in [6.45, 7) is 11.4. The molecule has 3 atom stereocenters. The molecule has 2 unspecified atom stereocenters. The van der Waals surface area contributed by atoms with Crippen LogP contribution in [0.4, 0.5) is 0 Å². The zero-order valence-corrected chi connectivity index (χ0v) is 14.9. The summed E-state index contributed by atoms with van der Waals surface area (Å²) < 4.78 is 5.39. The first-order valence-corrected chi connectivity index (χ1v) is 8.91. The van der Waals surface area contributed by atoms with E-state index in [1.165, 1.54) is 31.3 Å². The number of esters is 1. The molecule has 0 aromatic rings. The van der Waals surface area contributed by atoms with E-state index < -0.39 is 0 Å². The van der Waals surface area contributed by atoms with Crippen molar-refractivity contribution in [3.05, 3.63) is 22.8 Å². The largest absolute Gasteiger partial charge is 0.461 e. The van der Waals surface area contributed by atoms with Gasteiger partial charge in [0.25, 0.3) is 0 Å². The van der Waals surface area contributed by atoms with Gasteiger partial charge >= 0.3 is 5.97 Å². The zero-order valence-electron chi connectivity index (χ0n) is 14.9. The summed E-state index contributed by atoms with van der Waals surface area (Å²) in [6.07, 6.45) is 8.07. The van der Waals surface area contributed by atoms with Gasteiger partial charge in [-0.2, -0.15) is 0 Å². The quantitative estimate of drug-likeness (QED) is 0.509. The molecular formula is C20H32O2. The summed E-state index contributed by atoms with van der Waals surface area (Å²) in [5.74, 6) is 2.50. The Morgan fingerprint density at radius 1 is 1.32 bits per heavy atom. The summed E-state index contributed by atoms with van der Waals surface area (Å²) >= 11 is 0. The Morgan fingerprint density at radius 2 is 2.05 bits per heavy atom. The Morgan fingerprint density at radius 3 is 2.73 bits per heavy atom. The minimum absolute atomic E-state index is 0.0749. The fourth-order valence-electron chi connectivity index (χ4n) is 4.12. The van der Waals surface area contributed by atoms with Crippen LogP contribution in [0.15, 0.2) is 22.8 Å². The summed E-state index contributed by atoms with van der Waals surface area (Å²) in [5.41, 5.74) is 4.51. The second-order valence-electron chi connectivity index (χ2n) is 7.81. The highest BCUT2D eigenvalue weighted by Crippen LogP contribution is 2.48. The molecular weight excluding hydrogens is 272 g/mol. The van der Waals surface area contributed by atoms with Crippen LogP contribution in [0.3, 0.4) is 0 Å². The van der Waals surface area contributed by atoms with E-state index in [1.807, 2.05) is 13.8 Å². The first-order chi connectivity index (χ1) is 10.4. The number of carbonyl (C=O) groups is 1. The van der Waals surface area contributed by atoms with E-state index in [-0.39, 0.29) is 5.97 Å². The zero-order chi connectivity index (χ0) is 16.3. The molecule has 0 aromatic heterocycles. The van der Waals surface area contributed by atoms with Crippen molar-refractivity contribution in [2.45, 2.75) is 66.7 Å². The van der Waals surface area contributed by atoms with Gasteiger partial charge in [0.15, 0.2) is 0 Å². The summed E-state index contributed by atoms with van der Waals surface area (Å²) in [5, 5.41) is 0. The third-order valence-electron chi connectivity index (χ3n) is 5.26. The molecule has 2 nitrogen and oxygen atoms in total. The number of rotatable bonds is 5.